The standard InChI is InChI=1S/C12H16N2O2/c1-3-4-7-14-12(15)10-8-9(13)5-6-11(10)16-2/h3,5-6,8H,1,4,7,13H2,2H3,(H,14,15). The van der Waals surface area contributed by atoms with Gasteiger partial charge in [-0.2, -0.15) is 0 Å². The van der Waals surface area contributed by atoms with E-state index in [2.05, 4.69) is 11.9 Å². The van der Waals surface area contributed by atoms with Crippen molar-refractivity contribution < 1.29 is 9.53 Å². The number of ether oxygens (including phenoxy) is 1. The molecule has 3 N–H and O–H groups in total. The van der Waals surface area contributed by atoms with E-state index < -0.39 is 0 Å². The summed E-state index contributed by atoms with van der Waals surface area (Å²) in [5.41, 5.74) is 6.61. The van der Waals surface area contributed by atoms with Gasteiger partial charge in [0.15, 0.2) is 0 Å². The van der Waals surface area contributed by atoms with Crippen molar-refractivity contribution in [3.63, 3.8) is 0 Å². The van der Waals surface area contributed by atoms with Crippen LogP contribution in [-0.4, -0.2) is 19.6 Å². The van der Waals surface area contributed by atoms with Crippen LogP contribution in [0.2, 0.25) is 0 Å². The molecule has 0 atom stereocenters. The van der Waals surface area contributed by atoms with Crippen molar-refractivity contribution in [3.8, 4) is 5.75 Å². The molecule has 4 nitrogen and oxygen atoms in total. The Kier molecular flexibility index (Phi) is 4.39. The quantitative estimate of drug-likeness (QED) is 0.450. The number of amides is 1. The first kappa shape index (κ1) is 12.1. The first-order valence-corrected chi connectivity index (χ1v) is 5.01. The van der Waals surface area contributed by atoms with Gasteiger partial charge < -0.3 is 15.8 Å². The lowest BCUT2D eigenvalue weighted by Gasteiger charge is -2.09. The van der Waals surface area contributed by atoms with Crippen LogP contribution in [0, 0.1) is 0 Å². The van der Waals surface area contributed by atoms with Crippen LogP contribution in [0.5, 0.6) is 5.75 Å². The lowest BCUT2D eigenvalue weighted by Crippen LogP contribution is -2.24. The summed E-state index contributed by atoms with van der Waals surface area (Å²) >= 11 is 0. The minimum atomic E-state index is -0.189. The molecule has 1 aromatic rings. The minimum absolute atomic E-state index is 0.189. The first-order chi connectivity index (χ1) is 7.69. The number of carbonyl (C=O) groups excluding carboxylic acids is 1. The van der Waals surface area contributed by atoms with Crippen molar-refractivity contribution >= 4 is 11.6 Å². The Bertz CT molecular complexity index is 389. The molecule has 1 amide bonds. The van der Waals surface area contributed by atoms with Gasteiger partial charge in [-0.05, 0) is 24.6 Å². The molecule has 0 aliphatic heterocycles. The van der Waals surface area contributed by atoms with Gasteiger partial charge >= 0.3 is 0 Å². The summed E-state index contributed by atoms with van der Waals surface area (Å²) in [5, 5.41) is 2.76. The third-order valence-electron chi connectivity index (χ3n) is 2.10. The number of hydrogen-bond donors (Lipinski definition) is 2. The number of carbonyl (C=O) groups is 1. The molecule has 0 saturated heterocycles. The molecule has 1 aromatic carbocycles. The average molecular weight is 220 g/mol. The van der Waals surface area contributed by atoms with Crippen LogP contribution in [0.4, 0.5) is 5.69 Å². The SMILES string of the molecule is C=CCCNC(=O)c1cc(N)ccc1OC. The number of rotatable bonds is 5. The molecule has 0 spiro atoms. The van der Waals surface area contributed by atoms with Crippen LogP contribution in [0.15, 0.2) is 30.9 Å². The van der Waals surface area contributed by atoms with E-state index in [1.165, 1.54) is 7.11 Å². The van der Waals surface area contributed by atoms with Gasteiger partial charge in [-0.15, -0.1) is 6.58 Å². The topological polar surface area (TPSA) is 64.4 Å². The van der Waals surface area contributed by atoms with Crippen molar-refractivity contribution in [3.05, 3.63) is 36.4 Å². The maximum Gasteiger partial charge on any atom is 0.255 e. The fourth-order valence-corrected chi connectivity index (χ4v) is 1.29. The van der Waals surface area contributed by atoms with Crippen LogP contribution >= 0.6 is 0 Å². The van der Waals surface area contributed by atoms with Gasteiger partial charge in [-0.25, -0.2) is 0 Å². The molecule has 0 bridgehead atoms. The number of nitrogens with one attached hydrogen (secondary N) is 1. The lowest BCUT2D eigenvalue weighted by atomic mass is 10.1. The summed E-state index contributed by atoms with van der Waals surface area (Å²) in [7, 11) is 1.52. The monoisotopic (exact) mass is 220 g/mol. The maximum atomic E-state index is 11.8. The molecule has 0 unspecified atom stereocenters. The normalized spacial score (nSPS) is 9.56. The second kappa shape index (κ2) is 5.80. The molecule has 0 aliphatic carbocycles. The zero-order valence-corrected chi connectivity index (χ0v) is 9.32. The molecule has 0 saturated carbocycles. The van der Waals surface area contributed by atoms with Gasteiger partial charge in [0, 0.05) is 12.2 Å². The minimum Gasteiger partial charge on any atom is -0.496 e. The van der Waals surface area contributed by atoms with Crippen molar-refractivity contribution in [1.82, 2.24) is 5.32 Å². The van der Waals surface area contributed by atoms with E-state index in [1.54, 1.807) is 24.3 Å². The largest absolute Gasteiger partial charge is 0.496 e. The average Bonchev–Trinajstić information content (AvgIpc) is 2.29. The fourth-order valence-electron chi connectivity index (χ4n) is 1.29. The first-order valence-electron chi connectivity index (χ1n) is 5.01. The van der Waals surface area contributed by atoms with Crippen molar-refractivity contribution in [1.29, 1.82) is 0 Å². The van der Waals surface area contributed by atoms with E-state index in [1.807, 2.05) is 0 Å². The van der Waals surface area contributed by atoms with Gasteiger partial charge in [-0.1, -0.05) is 6.08 Å². The number of nitrogens with two attached hydrogens (primary N) is 1. The predicted octanol–water partition coefficient (Wildman–Crippen LogP) is 1.58. The highest BCUT2D eigenvalue weighted by Gasteiger charge is 2.11. The Morgan fingerprint density at radius 1 is 1.62 bits per heavy atom. The van der Waals surface area contributed by atoms with Crippen molar-refractivity contribution in [2.24, 2.45) is 0 Å². The molecular weight excluding hydrogens is 204 g/mol. The molecule has 1 rings (SSSR count). The van der Waals surface area contributed by atoms with Gasteiger partial charge in [0.05, 0.1) is 12.7 Å². The molecule has 16 heavy (non-hydrogen) atoms. The number of hydrogen-bond acceptors (Lipinski definition) is 3. The van der Waals surface area contributed by atoms with Gasteiger partial charge in [-0.3, -0.25) is 4.79 Å². The molecular formula is C12H16N2O2. The molecule has 0 aromatic heterocycles. The third kappa shape index (κ3) is 3.02. The zero-order valence-electron chi connectivity index (χ0n) is 9.32. The molecule has 0 aliphatic rings. The van der Waals surface area contributed by atoms with Crippen LogP contribution < -0.4 is 15.8 Å². The van der Waals surface area contributed by atoms with Crippen LogP contribution in [0.3, 0.4) is 0 Å². The van der Waals surface area contributed by atoms with E-state index in [0.29, 0.717) is 23.5 Å². The molecule has 0 fully saturated rings. The number of anilines is 1. The summed E-state index contributed by atoms with van der Waals surface area (Å²) in [6.45, 7) is 4.14. The van der Waals surface area contributed by atoms with Crippen molar-refractivity contribution in [2.45, 2.75) is 6.42 Å². The number of benzene rings is 1. The Hall–Kier alpha value is -1.97. The Morgan fingerprint density at radius 3 is 3.00 bits per heavy atom. The second-order valence-corrected chi connectivity index (χ2v) is 3.29. The highest BCUT2D eigenvalue weighted by molar-refractivity contribution is 5.97. The van der Waals surface area contributed by atoms with E-state index in [-0.39, 0.29) is 5.91 Å². The molecule has 86 valence electrons. The van der Waals surface area contributed by atoms with E-state index >= 15 is 0 Å². The van der Waals surface area contributed by atoms with Crippen LogP contribution in [0.25, 0.3) is 0 Å². The van der Waals surface area contributed by atoms with E-state index in [0.717, 1.165) is 6.42 Å². The summed E-state index contributed by atoms with van der Waals surface area (Å²) in [4.78, 5) is 11.8. The smallest absolute Gasteiger partial charge is 0.255 e. The maximum absolute atomic E-state index is 11.8. The number of methoxy groups -OCH3 is 1. The van der Waals surface area contributed by atoms with Crippen molar-refractivity contribution in [2.75, 3.05) is 19.4 Å². The Balaban J connectivity index is 2.80. The number of nitrogen functional groups attached to an aromatic ring is 1. The van der Waals surface area contributed by atoms with Gasteiger partial charge in [0.2, 0.25) is 0 Å². The Labute approximate surface area is 95.1 Å². The third-order valence-corrected chi connectivity index (χ3v) is 2.10. The van der Waals surface area contributed by atoms with Gasteiger partial charge in [0.1, 0.15) is 5.75 Å². The molecule has 4 heteroatoms. The van der Waals surface area contributed by atoms with Crippen LogP contribution in [-0.2, 0) is 0 Å². The van der Waals surface area contributed by atoms with E-state index in [4.69, 9.17) is 10.5 Å². The molecule has 0 radical (unpaired) electrons. The highest BCUT2D eigenvalue weighted by Crippen LogP contribution is 2.20. The van der Waals surface area contributed by atoms with Crippen LogP contribution in [0.1, 0.15) is 16.8 Å². The lowest BCUT2D eigenvalue weighted by molar-refractivity contribution is 0.0951. The second-order valence-electron chi connectivity index (χ2n) is 3.29. The van der Waals surface area contributed by atoms with E-state index in [9.17, 15) is 4.79 Å². The summed E-state index contributed by atoms with van der Waals surface area (Å²) in [6, 6.07) is 4.97. The zero-order chi connectivity index (χ0) is 12.0. The molecule has 0 heterocycles. The summed E-state index contributed by atoms with van der Waals surface area (Å²) in [5.74, 6) is 0.330. The van der Waals surface area contributed by atoms with Gasteiger partial charge in [0.25, 0.3) is 5.91 Å². The summed E-state index contributed by atoms with van der Waals surface area (Å²) < 4.78 is 5.09. The Morgan fingerprint density at radius 2 is 2.38 bits per heavy atom. The predicted molar refractivity (Wildman–Crippen MR) is 64.6 cm³/mol. The summed E-state index contributed by atoms with van der Waals surface area (Å²) in [6.07, 6.45) is 2.48. The highest BCUT2D eigenvalue weighted by atomic mass is 16.5. The fraction of sp³-hybridized carbons (Fsp3) is 0.250.